The first-order valence-electron chi connectivity index (χ1n) is 10.8. The highest BCUT2D eigenvalue weighted by molar-refractivity contribution is 5.82. The fraction of sp³-hybridized carbons (Fsp3) is 0.583. The van der Waals surface area contributed by atoms with Gasteiger partial charge in [0.15, 0.2) is 18.3 Å². The first kappa shape index (κ1) is 27.1. The molecule has 1 aromatic carbocycles. The first-order chi connectivity index (χ1) is 15.8. The second kappa shape index (κ2) is 10.9. The van der Waals surface area contributed by atoms with E-state index in [4.69, 9.17) is 28.4 Å². The van der Waals surface area contributed by atoms with Gasteiger partial charge >= 0.3 is 23.9 Å². The largest absolute Gasteiger partial charge is 0.496 e. The molecule has 0 N–H and O–H groups in total. The van der Waals surface area contributed by atoms with Crippen LogP contribution in [0.15, 0.2) is 18.2 Å². The number of carbonyl (C=O) groups excluding carboxylic acids is 4. The van der Waals surface area contributed by atoms with E-state index in [1.54, 1.807) is 39.0 Å². The molecule has 10 heteroatoms. The molecule has 1 aliphatic heterocycles. The van der Waals surface area contributed by atoms with Gasteiger partial charge in [-0.25, -0.2) is 0 Å². The zero-order valence-corrected chi connectivity index (χ0v) is 20.7. The van der Waals surface area contributed by atoms with Crippen molar-refractivity contribution >= 4 is 23.9 Å². The number of hydrogen-bond donors (Lipinski definition) is 0. The highest BCUT2D eigenvalue weighted by atomic mass is 16.6. The molecule has 1 aromatic rings. The molecule has 0 aromatic heterocycles. The number of ether oxygens (including phenoxy) is 6. The van der Waals surface area contributed by atoms with Gasteiger partial charge in [0.2, 0.25) is 0 Å². The Morgan fingerprint density at radius 1 is 0.853 bits per heavy atom. The molecule has 0 bridgehead atoms. The minimum absolute atomic E-state index is 0.395. The highest BCUT2D eigenvalue weighted by Crippen LogP contribution is 2.42. The quantitative estimate of drug-likeness (QED) is 0.424. The van der Waals surface area contributed by atoms with E-state index in [1.807, 2.05) is 0 Å². The summed E-state index contributed by atoms with van der Waals surface area (Å²) >= 11 is 0. The van der Waals surface area contributed by atoms with Crippen molar-refractivity contribution in [3.63, 3.8) is 0 Å². The van der Waals surface area contributed by atoms with E-state index < -0.39 is 59.8 Å². The first-order valence-corrected chi connectivity index (χ1v) is 10.8. The number of carbonyl (C=O) groups is 4. The van der Waals surface area contributed by atoms with Crippen LogP contribution in [0, 0.1) is 0 Å². The molecule has 0 saturated carbocycles. The van der Waals surface area contributed by atoms with Crippen LogP contribution in [0.25, 0.3) is 0 Å². The molecule has 34 heavy (non-hydrogen) atoms. The summed E-state index contributed by atoms with van der Waals surface area (Å²) in [7, 11) is 2.76. The van der Waals surface area contributed by atoms with Crippen LogP contribution in [0.5, 0.6) is 5.75 Å². The van der Waals surface area contributed by atoms with Gasteiger partial charge in [-0.2, -0.15) is 0 Å². The van der Waals surface area contributed by atoms with E-state index in [-0.39, 0.29) is 0 Å². The van der Waals surface area contributed by atoms with Crippen LogP contribution in [0.1, 0.15) is 58.8 Å². The number of benzene rings is 1. The predicted octanol–water partition coefficient (Wildman–Crippen LogP) is 2.40. The molecular formula is C24H32O10. The molecule has 0 radical (unpaired) electrons. The third-order valence-corrected chi connectivity index (χ3v) is 5.63. The highest BCUT2D eigenvalue weighted by Gasteiger charge is 2.51. The Kier molecular flexibility index (Phi) is 8.66. The average Bonchev–Trinajstić information content (AvgIpc) is 2.75. The Morgan fingerprint density at radius 2 is 1.38 bits per heavy atom. The number of esters is 4. The Morgan fingerprint density at radius 3 is 1.88 bits per heavy atom. The zero-order chi connectivity index (χ0) is 25.8. The Bertz CT molecular complexity index is 938. The topological polar surface area (TPSA) is 124 Å². The van der Waals surface area contributed by atoms with Gasteiger partial charge in [0.25, 0.3) is 0 Å². The summed E-state index contributed by atoms with van der Waals surface area (Å²) in [6, 6.07) is 5.07. The minimum atomic E-state index is -1.17. The lowest BCUT2D eigenvalue weighted by atomic mass is 9.82. The lowest BCUT2D eigenvalue weighted by molar-refractivity contribution is -0.245. The minimum Gasteiger partial charge on any atom is -0.496 e. The molecule has 0 unspecified atom stereocenters. The van der Waals surface area contributed by atoms with Gasteiger partial charge in [-0.1, -0.05) is 6.07 Å². The summed E-state index contributed by atoms with van der Waals surface area (Å²) in [5.74, 6) is -1.98. The fourth-order valence-electron chi connectivity index (χ4n) is 3.98. The van der Waals surface area contributed by atoms with Crippen LogP contribution in [0.3, 0.4) is 0 Å². The van der Waals surface area contributed by atoms with Crippen LogP contribution >= 0.6 is 0 Å². The van der Waals surface area contributed by atoms with Crippen molar-refractivity contribution in [3.05, 3.63) is 29.3 Å². The van der Waals surface area contributed by atoms with Crippen molar-refractivity contribution in [2.24, 2.45) is 0 Å². The van der Waals surface area contributed by atoms with Gasteiger partial charge < -0.3 is 28.4 Å². The molecule has 5 atom stereocenters. The summed E-state index contributed by atoms with van der Waals surface area (Å²) in [5, 5.41) is 0. The maximum absolute atomic E-state index is 12.4. The van der Waals surface area contributed by atoms with Crippen molar-refractivity contribution in [2.45, 2.75) is 77.5 Å². The van der Waals surface area contributed by atoms with E-state index in [0.29, 0.717) is 16.9 Å². The normalized spacial score (nSPS) is 24.5. The van der Waals surface area contributed by atoms with E-state index in [9.17, 15) is 19.2 Å². The second-order valence-corrected chi connectivity index (χ2v) is 8.56. The van der Waals surface area contributed by atoms with E-state index in [0.717, 1.165) is 0 Å². The summed E-state index contributed by atoms with van der Waals surface area (Å²) in [6.45, 7) is 8.68. The molecule has 1 heterocycles. The summed E-state index contributed by atoms with van der Waals surface area (Å²) in [6.07, 6.45) is -5.07. The molecule has 1 fully saturated rings. The van der Waals surface area contributed by atoms with Crippen LogP contribution in [0.4, 0.5) is 0 Å². The molecule has 188 valence electrons. The summed E-state index contributed by atoms with van der Waals surface area (Å²) in [5.41, 5.74) is 0.0374. The van der Waals surface area contributed by atoms with Crippen molar-refractivity contribution in [2.75, 3.05) is 14.2 Å². The van der Waals surface area contributed by atoms with Crippen LogP contribution < -0.4 is 4.74 Å². The molecule has 10 nitrogen and oxygen atoms in total. The molecule has 0 spiro atoms. The van der Waals surface area contributed by atoms with E-state index in [1.165, 1.54) is 35.0 Å². The zero-order valence-electron chi connectivity index (χ0n) is 20.7. The van der Waals surface area contributed by atoms with Gasteiger partial charge in [0, 0.05) is 26.3 Å². The number of rotatable bonds is 7. The Hall–Kier alpha value is -3.14. The predicted molar refractivity (Wildman–Crippen MR) is 118 cm³/mol. The smallest absolute Gasteiger partial charge is 0.315 e. The van der Waals surface area contributed by atoms with Crippen LogP contribution in [-0.4, -0.2) is 62.5 Å². The van der Waals surface area contributed by atoms with Gasteiger partial charge in [-0.05, 0) is 38.5 Å². The lowest BCUT2D eigenvalue weighted by Gasteiger charge is -2.44. The monoisotopic (exact) mass is 480 g/mol. The maximum atomic E-state index is 12.4. The maximum Gasteiger partial charge on any atom is 0.315 e. The molecule has 2 rings (SSSR count). The molecular weight excluding hydrogens is 448 g/mol. The number of hydrogen-bond acceptors (Lipinski definition) is 10. The standard InChI is InChI=1S/C24H32O10/c1-12-19(32-13(2)25)21(33-14(3)26)22(34-15(4)27)20(31-12)17-11-16(9-10-18(17)29-7)24(5,6)23(28)30-8/h9-12,19-22H,1-8H3/t12-,19+,20+,21+,22+/m0/s1. The van der Waals surface area contributed by atoms with E-state index in [2.05, 4.69) is 0 Å². The second-order valence-electron chi connectivity index (χ2n) is 8.56. The SMILES string of the molecule is COC(=O)C(C)(C)c1ccc(OC)c([C@H]2O[C@@H](C)[C@@H](OC(C)=O)[C@@H](OC(C)=O)[C@@H]2OC(C)=O)c1. The number of methoxy groups -OCH3 is 2. The van der Waals surface area contributed by atoms with Crippen LogP contribution in [-0.2, 0) is 48.3 Å². The third kappa shape index (κ3) is 5.85. The van der Waals surface area contributed by atoms with Crippen molar-refractivity contribution in [1.29, 1.82) is 0 Å². The molecule has 0 amide bonds. The van der Waals surface area contributed by atoms with Crippen LogP contribution in [0.2, 0.25) is 0 Å². The van der Waals surface area contributed by atoms with Gasteiger partial charge in [0.1, 0.15) is 11.9 Å². The van der Waals surface area contributed by atoms with Gasteiger partial charge in [-0.15, -0.1) is 0 Å². The van der Waals surface area contributed by atoms with Crippen molar-refractivity contribution in [3.8, 4) is 5.75 Å². The van der Waals surface area contributed by atoms with Gasteiger partial charge in [0.05, 0.1) is 25.7 Å². The molecule has 1 saturated heterocycles. The van der Waals surface area contributed by atoms with E-state index >= 15 is 0 Å². The van der Waals surface area contributed by atoms with Gasteiger partial charge in [-0.3, -0.25) is 19.2 Å². The molecule has 1 aliphatic rings. The van der Waals surface area contributed by atoms with Crippen molar-refractivity contribution in [1.82, 2.24) is 0 Å². The summed E-state index contributed by atoms with van der Waals surface area (Å²) < 4.78 is 33.0. The molecule has 0 aliphatic carbocycles. The Labute approximate surface area is 198 Å². The average molecular weight is 481 g/mol. The third-order valence-electron chi connectivity index (χ3n) is 5.63. The fourth-order valence-corrected chi connectivity index (χ4v) is 3.98. The Balaban J connectivity index is 2.67. The van der Waals surface area contributed by atoms with Crippen molar-refractivity contribution < 1.29 is 47.6 Å². The summed E-state index contributed by atoms with van der Waals surface area (Å²) in [4.78, 5) is 48.1. The lowest BCUT2D eigenvalue weighted by Crippen LogP contribution is -2.57.